The minimum Gasteiger partial charge on any atom is -0.366 e. The van der Waals surface area contributed by atoms with Crippen LogP contribution in [-0.2, 0) is 5.54 Å². The van der Waals surface area contributed by atoms with Gasteiger partial charge in [0, 0.05) is 6.04 Å². The number of nitrogens with two attached hydrogens (primary N) is 1. The molecule has 1 aromatic carbocycles. The fourth-order valence-electron chi connectivity index (χ4n) is 3.49. The van der Waals surface area contributed by atoms with Crippen LogP contribution in [0.25, 0.3) is 11.0 Å². The zero-order chi connectivity index (χ0) is 18.0. The van der Waals surface area contributed by atoms with Crippen LogP contribution in [0.15, 0.2) is 12.1 Å². The summed E-state index contributed by atoms with van der Waals surface area (Å²) in [7, 11) is 0. The number of H-pyrrole nitrogens is 1. The first-order valence-corrected chi connectivity index (χ1v) is 8.87. The minimum absolute atomic E-state index is 0.110. The number of carbonyl (C=O) groups excluding carboxylic acids is 1. The van der Waals surface area contributed by atoms with Gasteiger partial charge in [-0.3, -0.25) is 4.79 Å². The number of aromatic amines is 1. The second kappa shape index (κ2) is 7.09. The first kappa shape index (κ1) is 17.8. The maximum absolute atomic E-state index is 13.5. The van der Waals surface area contributed by atoms with E-state index in [2.05, 4.69) is 27.5 Å². The number of halogens is 1. The van der Waals surface area contributed by atoms with Crippen molar-refractivity contribution < 1.29 is 9.18 Å². The highest BCUT2D eigenvalue weighted by molar-refractivity contribution is 6.04. The zero-order valence-electron chi connectivity index (χ0n) is 14.8. The van der Waals surface area contributed by atoms with Gasteiger partial charge in [0.2, 0.25) is 0 Å². The van der Waals surface area contributed by atoms with Crippen molar-refractivity contribution in [1.82, 2.24) is 20.6 Å². The average molecular weight is 347 g/mol. The van der Waals surface area contributed by atoms with E-state index >= 15 is 0 Å². The van der Waals surface area contributed by atoms with Crippen LogP contribution >= 0.6 is 0 Å². The predicted molar refractivity (Wildman–Crippen MR) is 95.9 cm³/mol. The summed E-state index contributed by atoms with van der Waals surface area (Å²) in [5.41, 5.74) is 6.05. The Morgan fingerprint density at radius 2 is 2.16 bits per heavy atom. The van der Waals surface area contributed by atoms with Gasteiger partial charge in [0.1, 0.15) is 17.2 Å². The van der Waals surface area contributed by atoms with E-state index < -0.39 is 11.7 Å². The predicted octanol–water partition coefficient (Wildman–Crippen LogP) is 2.16. The highest BCUT2D eigenvalue weighted by Crippen LogP contribution is 2.30. The normalized spacial score (nSPS) is 25.8. The van der Waals surface area contributed by atoms with Crippen molar-refractivity contribution in [2.24, 2.45) is 5.73 Å². The summed E-state index contributed by atoms with van der Waals surface area (Å²) in [6, 6.07) is 3.25. The average Bonchev–Trinajstić information content (AvgIpc) is 3.28. The van der Waals surface area contributed by atoms with E-state index in [9.17, 15) is 9.18 Å². The molecule has 2 aliphatic heterocycles. The molecule has 0 spiro atoms. The molecule has 2 aromatic rings. The maximum atomic E-state index is 13.5. The Kier molecular flexibility index (Phi) is 5.06. The van der Waals surface area contributed by atoms with Crippen molar-refractivity contribution in [2.45, 2.75) is 51.1 Å². The maximum Gasteiger partial charge on any atom is 0.251 e. The van der Waals surface area contributed by atoms with Crippen LogP contribution in [0.4, 0.5) is 4.39 Å². The van der Waals surface area contributed by atoms with Gasteiger partial charge in [-0.1, -0.05) is 0 Å². The van der Waals surface area contributed by atoms with E-state index in [-0.39, 0.29) is 11.1 Å². The highest BCUT2D eigenvalue weighted by atomic mass is 19.1. The van der Waals surface area contributed by atoms with Crippen LogP contribution < -0.4 is 16.4 Å². The fourth-order valence-corrected chi connectivity index (χ4v) is 3.49. The summed E-state index contributed by atoms with van der Waals surface area (Å²) in [4.78, 5) is 18.9. The molecule has 3 heterocycles. The molecule has 7 heteroatoms. The molecule has 5 N–H and O–H groups in total. The first-order valence-electron chi connectivity index (χ1n) is 8.87. The Bertz CT molecular complexity index is 760. The lowest BCUT2D eigenvalue weighted by Crippen LogP contribution is -2.34. The Morgan fingerprint density at radius 3 is 2.68 bits per heavy atom. The third-order valence-corrected chi connectivity index (χ3v) is 5.01. The smallest absolute Gasteiger partial charge is 0.251 e. The largest absolute Gasteiger partial charge is 0.366 e. The molecule has 1 aromatic heterocycles. The van der Waals surface area contributed by atoms with E-state index in [1.54, 1.807) is 0 Å². The standard InChI is InChI=1S/C13H15FN4O.C5H11N/c1-13(3-2-4-16-13)12-17-9-6-7(14)5-8(11(15)19)10(9)18-12;1-5-3-2-4-6-5/h5-6,16H,2-4H2,1H3,(H2,15,19)(H,17,18);5-6H,2-4H2,1H3/t13-;5-/m00/s1. The van der Waals surface area contributed by atoms with Gasteiger partial charge >= 0.3 is 0 Å². The molecule has 0 bridgehead atoms. The number of nitrogens with one attached hydrogen (secondary N) is 3. The van der Waals surface area contributed by atoms with Crippen molar-refractivity contribution >= 4 is 16.9 Å². The van der Waals surface area contributed by atoms with Crippen molar-refractivity contribution in [3.8, 4) is 0 Å². The van der Waals surface area contributed by atoms with Crippen molar-refractivity contribution in [3.05, 3.63) is 29.3 Å². The number of carbonyl (C=O) groups is 1. The van der Waals surface area contributed by atoms with Gasteiger partial charge < -0.3 is 21.4 Å². The lowest BCUT2D eigenvalue weighted by molar-refractivity contribution is 0.100. The fraction of sp³-hybridized carbons (Fsp3) is 0.556. The topological polar surface area (TPSA) is 95.8 Å². The number of nitrogens with zero attached hydrogens (tertiary/aromatic N) is 1. The third kappa shape index (κ3) is 3.82. The molecule has 0 radical (unpaired) electrons. The van der Waals surface area contributed by atoms with E-state index in [0.29, 0.717) is 16.9 Å². The highest BCUT2D eigenvalue weighted by Gasteiger charge is 2.33. The summed E-state index contributed by atoms with van der Waals surface area (Å²) in [5.74, 6) is -0.457. The number of hydrogen-bond donors (Lipinski definition) is 4. The monoisotopic (exact) mass is 347 g/mol. The molecule has 2 saturated heterocycles. The first-order chi connectivity index (χ1) is 11.9. The molecule has 2 atom stereocenters. The lowest BCUT2D eigenvalue weighted by atomic mass is 10.00. The summed E-state index contributed by atoms with van der Waals surface area (Å²) < 4.78 is 13.5. The van der Waals surface area contributed by atoms with E-state index in [1.807, 2.05) is 6.92 Å². The summed E-state index contributed by atoms with van der Waals surface area (Å²) in [6.07, 6.45) is 4.76. The number of hydrogen-bond acceptors (Lipinski definition) is 4. The van der Waals surface area contributed by atoms with Crippen LogP contribution in [0.5, 0.6) is 0 Å². The number of rotatable bonds is 2. The number of benzene rings is 1. The number of aromatic nitrogens is 2. The molecule has 25 heavy (non-hydrogen) atoms. The minimum atomic E-state index is -0.674. The van der Waals surface area contributed by atoms with Gasteiger partial charge in [0.15, 0.2) is 0 Å². The Hall–Kier alpha value is -1.99. The second-order valence-corrected chi connectivity index (χ2v) is 7.16. The van der Waals surface area contributed by atoms with Crippen molar-refractivity contribution in [3.63, 3.8) is 0 Å². The van der Waals surface area contributed by atoms with E-state index in [0.717, 1.165) is 31.5 Å². The van der Waals surface area contributed by atoms with E-state index in [4.69, 9.17) is 5.73 Å². The number of imidazole rings is 1. The third-order valence-electron chi connectivity index (χ3n) is 5.01. The number of primary amides is 1. The van der Waals surface area contributed by atoms with Crippen molar-refractivity contribution in [2.75, 3.05) is 13.1 Å². The van der Waals surface area contributed by atoms with Gasteiger partial charge in [-0.15, -0.1) is 0 Å². The van der Waals surface area contributed by atoms with Crippen LogP contribution in [-0.4, -0.2) is 35.0 Å². The van der Waals surface area contributed by atoms with Crippen LogP contribution in [0.1, 0.15) is 55.7 Å². The molecule has 0 unspecified atom stereocenters. The summed E-state index contributed by atoms with van der Waals surface area (Å²) in [6.45, 7) is 6.43. The molecule has 136 valence electrons. The molecule has 0 aliphatic carbocycles. The number of amides is 1. The molecule has 2 fully saturated rings. The molecular weight excluding hydrogens is 321 g/mol. The van der Waals surface area contributed by atoms with Gasteiger partial charge in [-0.05, 0) is 64.8 Å². The molecular formula is C18H26FN5O. The van der Waals surface area contributed by atoms with Gasteiger partial charge in [0.25, 0.3) is 5.91 Å². The van der Waals surface area contributed by atoms with Crippen LogP contribution in [0.3, 0.4) is 0 Å². The van der Waals surface area contributed by atoms with Gasteiger partial charge in [-0.25, -0.2) is 9.37 Å². The Morgan fingerprint density at radius 1 is 1.36 bits per heavy atom. The Labute approximate surface area is 146 Å². The number of fused-ring (bicyclic) bond motifs is 1. The van der Waals surface area contributed by atoms with Crippen LogP contribution in [0.2, 0.25) is 0 Å². The molecule has 4 rings (SSSR count). The summed E-state index contributed by atoms with van der Waals surface area (Å²) in [5, 5.41) is 6.69. The molecule has 0 saturated carbocycles. The lowest BCUT2D eigenvalue weighted by Gasteiger charge is -2.21. The van der Waals surface area contributed by atoms with E-state index in [1.165, 1.54) is 25.5 Å². The Balaban J connectivity index is 0.000000258. The van der Waals surface area contributed by atoms with Crippen molar-refractivity contribution in [1.29, 1.82) is 0 Å². The zero-order valence-corrected chi connectivity index (χ0v) is 14.8. The second-order valence-electron chi connectivity index (χ2n) is 7.16. The quantitative estimate of drug-likeness (QED) is 0.669. The SMILES string of the molecule is C[C@@]1(c2nc3c(C(N)=O)cc(F)cc3[nH]2)CCCN1.C[C@H]1CCCN1. The summed E-state index contributed by atoms with van der Waals surface area (Å²) >= 11 is 0. The van der Waals surface area contributed by atoms with Gasteiger partial charge in [0.05, 0.1) is 16.6 Å². The molecule has 2 aliphatic rings. The van der Waals surface area contributed by atoms with Gasteiger partial charge in [-0.2, -0.15) is 0 Å². The molecule has 1 amide bonds. The molecule has 6 nitrogen and oxygen atoms in total. The van der Waals surface area contributed by atoms with Crippen LogP contribution in [0, 0.1) is 5.82 Å².